The van der Waals surface area contributed by atoms with Gasteiger partial charge in [-0.15, -0.1) is 0 Å². The third kappa shape index (κ3) is 6.44. The number of benzene rings is 1. The predicted molar refractivity (Wildman–Crippen MR) is 139 cm³/mol. The van der Waals surface area contributed by atoms with Gasteiger partial charge in [-0.25, -0.2) is 9.78 Å². The number of hydrogen-bond donors (Lipinski definition) is 0. The van der Waals surface area contributed by atoms with E-state index in [1.807, 2.05) is 32.9 Å². The van der Waals surface area contributed by atoms with Crippen LogP contribution in [0.4, 0.5) is 10.6 Å². The molecule has 0 aliphatic carbocycles. The number of pyridine rings is 1. The van der Waals surface area contributed by atoms with E-state index >= 15 is 0 Å². The number of anilines is 1. The van der Waals surface area contributed by atoms with E-state index < -0.39 is 5.60 Å². The molecule has 0 unspecified atom stereocenters. The molecule has 0 saturated carbocycles. The summed E-state index contributed by atoms with van der Waals surface area (Å²) in [4.78, 5) is 34.1. The van der Waals surface area contributed by atoms with Crippen molar-refractivity contribution in [1.82, 2.24) is 9.88 Å². The fourth-order valence-electron chi connectivity index (χ4n) is 3.41. The Kier molecular flexibility index (Phi) is 8.06. The van der Waals surface area contributed by atoms with Gasteiger partial charge in [-0.05, 0) is 109 Å². The lowest BCUT2D eigenvalue weighted by Crippen LogP contribution is -2.53. The number of likely N-dealkylation sites (tertiary alicyclic amines) is 1. The normalized spacial score (nSPS) is 16.7. The van der Waals surface area contributed by atoms with Crippen LogP contribution in [0.5, 0.6) is 0 Å². The number of aromatic nitrogens is 1. The molecule has 6 nitrogen and oxygen atoms in total. The van der Waals surface area contributed by atoms with Crippen LogP contribution in [0.15, 0.2) is 36.5 Å². The van der Waals surface area contributed by atoms with Gasteiger partial charge in [0.15, 0.2) is 0 Å². The molecule has 9 heteroatoms. The zero-order valence-corrected chi connectivity index (χ0v) is 22.6. The third-order valence-electron chi connectivity index (χ3n) is 4.75. The summed E-state index contributed by atoms with van der Waals surface area (Å²) in [6.45, 7) is 6.53. The van der Waals surface area contributed by atoms with E-state index in [4.69, 9.17) is 16.3 Å². The maximum absolute atomic E-state index is 13.6. The number of rotatable bonds is 3. The first-order valence-corrected chi connectivity index (χ1v) is 12.5. The van der Waals surface area contributed by atoms with Crippen LogP contribution in [0.25, 0.3) is 0 Å². The summed E-state index contributed by atoms with van der Waals surface area (Å²) in [5, 5.41) is 0.602. The fraction of sp³-hybridized carbons (Fsp3) is 0.409. The molecular weight excluding hydrogens is 644 g/mol. The van der Waals surface area contributed by atoms with Crippen molar-refractivity contribution in [3.05, 3.63) is 54.3 Å². The standard InChI is InChI=1S/C22H24ClI2N3O3/c1-22(2,3)31-21(30)27-10-4-5-16(13-27)28(19-12-15(24)8-9-26-19)20(29)14-6-7-17(23)18(25)11-14/h6-9,11-12,16H,4-5,10,13H2,1-3H3/t16-/m0/s1. The van der Waals surface area contributed by atoms with Crippen molar-refractivity contribution in [2.45, 2.75) is 45.3 Å². The number of ether oxygens (including phenoxy) is 1. The number of amides is 2. The summed E-state index contributed by atoms with van der Waals surface area (Å²) in [5.74, 6) is 0.401. The molecule has 0 bridgehead atoms. The van der Waals surface area contributed by atoms with Gasteiger partial charge in [0.05, 0.1) is 11.1 Å². The number of carbonyl (C=O) groups is 2. The molecule has 0 spiro atoms. The number of halogens is 3. The Morgan fingerprint density at radius 1 is 1.23 bits per heavy atom. The molecule has 1 atom stereocenters. The summed E-state index contributed by atoms with van der Waals surface area (Å²) in [6, 6.07) is 8.78. The van der Waals surface area contributed by atoms with Crippen LogP contribution in [-0.2, 0) is 4.74 Å². The van der Waals surface area contributed by atoms with Gasteiger partial charge >= 0.3 is 6.09 Å². The number of hydrogen-bond acceptors (Lipinski definition) is 4. The van der Waals surface area contributed by atoms with Crippen LogP contribution < -0.4 is 4.90 Å². The van der Waals surface area contributed by atoms with Crippen LogP contribution in [0.1, 0.15) is 44.0 Å². The first kappa shape index (κ1) is 24.5. The number of carbonyl (C=O) groups excluding carboxylic acids is 2. The minimum absolute atomic E-state index is 0.167. The highest BCUT2D eigenvalue weighted by atomic mass is 127. The summed E-state index contributed by atoms with van der Waals surface area (Å²) in [7, 11) is 0. The predicted octanol–water partition coefficient (Wildman–Crippen LogP) is 5.99. The molecule has 2 aromatic rings. The Bertz CT molecular complexity index is 981. The van der Waals surface area contributed by atoms with Crippen molar-refractivity contribution in [3.63, 3.8) is 0 Å². The van der Waals surface area contributed by atoms with Crippen LogP contribution in [0.2, 0.25) is 5.02 Å². The fourth-order valence-corrected chi connectivity index (χ4v) is 4.48. The van der Waals surface area contributed by atoms with Gasteiger partial charge in [-0.2, -0.15) is 0 Å². The lowest BCUT2D eigenvalue weighted by molar-refractivity contribution is 0.0196. The molecule has 2 heterocycles. The molecule has 31 heavy (non-hydrogen) atoms. The molecule has 0 N–H and O–H groups in total. The monoisotopic (exact) mass is 667 g/mol. The Labute approximate surface area is 214 Å². The van der Waals surface area contributed by atoms with Crippen molar-refractivity contribution < 1.29 is 14.3 Å². The molecule has 1 aromatic heterocycles. The second-order valence-electron chi connectivity index (χ2n) is 8.36. The highest BCUT2D eigenvalue weighted by Crippen LogP contribution is 2.27. The molecule has 1 aliphatic heterocycles. The topological polar surface area (TPSA) is 62.7 Å². The van der Waals surface area contributed by atoms with Crippen LogP contribution in [0.3, 0.4) is 0 Å². The van der Waals surface area contributed by atoms with Crippen molar-refractivity contribution in [3.8, 4) is 0 Å². The van der Waals surface area contributed by atoms with Gasteiger partial charge in [-0.1, -0.05) is 11.6 Å². The van der Waals surface area contributed by atoms with E-state index in [1.165, 1.54) is 0 Å². The highest BCUT2D eigenvalue weighted by Gasteiger charge is 2.34. The van der Waals surface area contributed by atoms with E-state index in [9.17, 15) is 9.59 Å². The number of piperidine rings is 1. The molecule has 1 saturated heterocycles. The minimum Gasteiger partial charge on any atom is -0.444 e. The van der Waals surface area contributed by atoms with Crippen molar-refractivity contribution in [2.75, 3.05) is 18.0 Å². The second-order valence-corrected chi connectivity index (χ2v) is 11.2. The van der Waals surface area contributed by atoms with E-state index in [-0.39, 0.29) is 18.0 Å². The zero-order chi connectivity index (χ0) is 22.8. The highest BCUT2D eigenvalue weighted by molar-refractivity contribution is 14.1. The zero-order valence-electron chi connectivity index (χ0n) is 17.6. The van der Waals surface area contributed by atoms with Crippen molar-refractivity contribution >= 4 is 74.6 Å². The average molecular weight is 668 g/mol. The first-order valence-electron chi connectivity index (χ1n) is 9.93. The molecule has 1 fully saturated rings. The Hall–Kier alpha value is -1.14. The summed E-state index contributed by atoms with van der Waals surface area (Å²) in [6.07, 6.45) is 2.87. The maximum atomic E-state index is 13.6. The van der Waals surface area contributed by atoms with Crippen LogP contribution >= 0.6 is 56.8 Å². The lowest BCUT2D eigenvalue weighted by atomic mass is 10.0. The molecular formula is C22H24ClI2N3O3. The van der Waals surface area contributed by atoms with Gasteiger partial charge in [-0.3, -0.25) is 9.69 Å². The molecule has 1 aromatic carbocycles. The summed E-state index contributed by atoms with van der Waals surface area (Å²) >= 11 is 10.5. The maximum Gasteiger partial charge on any atom is 0.410 e. The average Bonchev–Trinajstić information content (AvgIpc) is 2.69. The van der Waals surface area contributed by atoms with Gasteiger partial charge in [0.25, 0.3) is 5.91 Å². The molecule has 166 valence electrons. The lowest BCUT2D eigenvalue weighted by Gasteiger charge is -2.39. The largest absolute Gasteiger partial charge is 0.444 e. The molecule has 3 rings (SSSR count). The third-order valence-corrected chi connectivity index (χ3v) is 6.97. The van der Waals surface area contributed by atoms with Crippen LogP contribution in [0, 0.1) is 7.14 Å². The molecule has 0 radical (unpaired) electrons. The van der Waals surface area contributed by atoms with Gasteiger partial charge in [0, 0.05) is 32.0 Å². The Morgan fingerprint density at radius 3 is 2.61 bits per heavy atom. The molecule has 1 aliphatic rings. The van der Waals surface area contributed by atoms with Gasteiger partial charge in [0.1, 0.15) is 11.4 Å². The number of nitrogens with zero attached hydrogens (tertiary/aromatic N) is 3. The first-order chi connectivity index (χ1) is 14.5. The van der Waals surface area contributed by atoms with Crippen molar-refractivity contribution in [2.24, 2.45) is 0 Å². The molecule has 2 amide bonds. The van der Waals surface area contributed by atoms with Gasteiger partial charge < -0.3 is 9.64 Å². The summed E-state index contributed by atoms with van der Waals surface area (Å²) in [5.41, 5.74) is -0.0414. The van der Waals surface area contributed by atoms with E-state index in [2.05, 4.69) is 50.2 Å². The van der Waals surface area contributed by atoms with Crippen LogP contribution in [-0.4, -0.2) is 46.6 Å². The van der Waals surface area contributed by atoms with E-state index in [0.717, 1.165) is 20.0 Å². The van der Waals surface area contributed by atoms with Gasteiger partial charge in [0.2, 0.25) is 0 Å². The second kappa shape index (κ2) is 10.2. The Morgan fingerprint density at radius 2 is 1.97 bits per heavy atom. The summed E-state index contributed by atoms with van der Waals surface area (Å²) < 4.78 is 7.34. The Balaban J connectivity index is 1.93. The SMILES string of the molecule is CC(C)(C)OC(=O)N1CCC[C@H](N(C(=O)c2ccc(Cl)c(I)c2)c2cc(I)ccn2)C1. The smallest absolute Gasteiger partial charge is 0.410 e. The minimum atomic E-state index is -0.573. The van der Waals surface area contributed by atoms with Crippen molar-refractivity contribution in [1.29, 1.82) is 0 Å². The van der Waals surface area contributed by atoms with E-state index in [0.29, 0.717) is 29.5 Å². The quantitative estimate of drug-likeness (QED) is 0.378. The van der Waals surface area contributed by atoms with E-state index in [1.54, 1.807) is 34.2 Å².